The van der Waals surface area contributed by atoms with E-state index in [1.165, 1.54) is 37.8 Å². The van der Waals surface area contributed by atoms with Crippen LogP contribution in [-0.4, -0.2) is 87.9 Å². The van der Waals surface area contributed by atoms with E-state index in [0.29, 0.717) is 15.1 Å². The Labute approximate surface area is 339 Å². The summed E-state index contributed by atoms with van der Waals surface area (Å²) in [6, 6.07) is 7.77. The number of hydrogen-bond acceptors (Lipinski definition) is 15. The molecule has 0 unspecified atom stereocenters. The van der Waals surface area contributed by atoms with Gasteiger partial charge in [0.15, 0.2) is 0 Å². The number of anilines is 1. The number of aromatic nitrogens is 3. The van der Waals surface area contributed by atoms with Crippen molar-refractivity contribution >= 4 is 33.4 Å². The number of allylic oxidation sites excluding steroid dienone is 2. The van der Waals surface area contributed by atoms with Gasteiger partial charge in [-0.3, -0.25) is 0 Å². The number of aliphatic hydroxyl groups excluding tert-OH is 1. The molecule has 2 aromatic carbocycles. The molecule has 0 spiro atoms. The summed E-state index contributed by atoms with van der Waals surface area (Å²) >= 11 is -0.897. The molecule has 2 heterocycles. The van der Waals surface area contributed by atoms with Crippen LogP contribution in [-0.2, 0) is 23.8 Å². The molecule has 0 saturated carbocycles. The summed E-state index contributed by atoms with van der Waals surface area (Å²) in [5, 5.41) is 28.1. The fourth-order valence-electron chi connectivity index (χ4n) is 4.63. The van der Waals surface area contributed by atoms with Crippen molar-refractivity contribution < 1.29 is 73.5 Å². The molecule has 1 aromatic heterocycles. The van der Waals surface area contributed by atoms with Crippen molar-refractivity contribution in [1.82, 2.24) is 20.1 Å². The normalized spacial score (nSPS) is 13.2. The van der Waals surface area contributed by atoms with Gasteiger partial charge < -0.3 is 4.74 Å². The number of ether oxygens (including phenoxy) is 6. The molecule has 4 N–H and O–H groups in total. The molecule has 0 aliphatic carbocycles. The molecule has 0 radical (unpaired) electrons. The third-order valence-electron chi connectivity index (χ3n) is 7.60. The van der Waals surface area contributed by atoms with Crippen LogP contribution in [0.5, 0.6) is 17.5 Å². The summed E-state index contributed by atoms with van der Waals surface area (Å²) in [4.78, 5) is 46.7. The minimum atomic E-state index is -1.63. The van der Waals surface area contributed by atoms with E-state index in [-0.39, 0.29) is 66.6 Å². The number of methoxy groups -OCH3 is 1. The third kappa shape index (κ3) is 12.2. The molecule has 1 atom stereocenters. The van der Waals surface area contributed by atoms with Gasteiger partial charge in [0.25, 0.3) is 0 Å². The molecular weight excluding hydrogens is 860 g/mol. The third-order valence-corrected chi connectivity index (χ3v) is 9.66. The van der Waals surface area contributed by atoms with Crippen molar-refractivity contribution in [1.29, 1.82) is 5.41 Å². The van der Waals surface area contributed by atoms with E-state index in [0.717, 1.165) is 0 Å². The van der Waals surface area contributed by atoms with Crippen LogP contribution in [0.25, 0.3) is 0 Å². The summed E-state index contributed by atoms with van der Waals surface area (Å²) in [7, 11) is 1.40. The molecule has 57 heavy (non-hydrogen) atoms. The first kappa shape index (κ1) is 44.1. The van der Waals surface area contributed by atoms with Gasteiger partial charge in [-0.1, -0.05) is 20.8 Å². The number of carbonyl (C=O) groups is 3. The molecule has 1 aliphatic rings. The van der Waals surface area contributed by atoms with Gasteiger partial charge in [-0.2, -0.15) is 0 Å². The average Bonchev–Trinajstić information content (AvgIpc) is 3.40. The second-order valence-electron chi connectivity index (χ2n) is 13.8. The molecular formula is C38H46FIN7O10-. The van der Waals surface area contributed by atoms with Gasteiger partial charge in [-0.15, -0.1) is 0 Å². The molecule has 1 amide bonds. The van der Waals surface area contributed by atoms with E-state index in [9.17, 15) is 19.5 Å². The number of aliphatic imine (C=N–C) groups is 1. The van der Waals surface area contributed by atoms with Crippen LogP contribution in [0.3, 0.4) is 0 Å². The molecule has 0 saturated heterocycles. The number of hydrogen-bond donors (Lipinski definition) is 4. The summed E-state index contributed by atoms with van der Waals surface area (Å²) < 4.78 is 52.4. The van der Waals surface area contributed by atoms with Gasteiger partial charge in [0.05, 0.1) is 6.61 Å². The van der Waals surface area contributed by atoms with Gasteiger partial charge >= 0.3 is 298 Å². The number of benzene rings is 2. The van der Waals surface area contributed by atoms with Gasteiger partial charge in [0.2, 0.25) is 0 Å². The van der Waals surface area contributed by atoms with E-state index in [1.54, 1.807) is 43.5 Å². The molecule has 3 aromatic rings. The van der Waals surface area contributed by atoms with Crippen molar-refractivity contribution in [2.75, 3.05) is 45.6 Å². The molecule has 308 valence electrons. The monoisotopic (exact) mass is 906 g/mol. The number of amides is 1. The quantitative estimate of drug-likeness (QED) is 0.0308. The topological polar surface area (TPSA) is 218 Å². The Bertz CT molecular complexity index is 2010. The van der Waals surface area contributed by atoms with Crippen LogP contribution >= 0.6 is 0 Å². The van der Waals surface area contributed by atoms with E-state index in [2.05, 4.69) is 20.6 Å². The second-order valence-corrected chi connectivity index (χ2v) is 16.1. The van der Waals surface area contributed by atoms with Crippen LogP contribution in [0.1, 0.15) is 64.5 Å². The van der Waals surface area contributed by atoms with Crippen LogP contribution in [0.2, 0.25) is 0 Å². The Balaban J connectivity index is 1.74. The van der Waals surface area contributed by atoms with E-state index in [4.69, 9.17) is 38.9 Å². The van der Waals surface area contributed by atoms with Gasteiger partial charge in [0, 0.05) is 0 Å². The van der Waals surface area contributed by atoms with Gasteiger partial charge in [0.1, 0.15) is 0 Å². The van der Waals surface area contributed by atoms with Gasteiger partial charge in [-0.05, 0) is 5.41 Å². The second kappa shape index (κ2) is 20.0. The first-order valence-corrected chi connectivity index (χ1v) is 19.9. The van der Waals surface area contributed by atoms with Crippen molar-refractivity contribution in [3.05, 3.63) is 81.6 Å². The number of halogens is 2. The van der Waals surface area contributed by atoms with E-state index in [1.807, 2.05) is 30.9 Å². The van der Waals surface area contributed by atoms with Crippen LogP contribution in [0.15, 0.2) is 63.8 Å². The maximum absolute atomic E-state index is 16.4. The first-order valence-electron chi connectivity index (χ1n) is 17.6. The van der Waals surface area contributed by atoms with E-state index >= 15 is 4.39 Å². The summed E-state index contributed by atoms with van der Waals surface area (Å²) in [5.41, 5.74) is -1.13. The Morgan fingerprint density at radius 2 is 1.74 bits per heavy atom. The Hall–Kier alpha value is -5.57. The zero-order valence-electron chi connectivity index (χ0n) is 32.6. The molecule has 17 nitrogen and oxygen atoms in total. The fraction of sp³-hybridized carbons (Fsp3) is 0.395. The number of nitrogens with one attached hydrogen (secondary N) is 3. The number of alkyl carbamates (subject to hydrolysis) is 1. The minimum absolute atomic E-state index is 0.0209. The van der Waals surface area contributed by atoms with Gasteiger partial charge in [-0.25, -0.2) is 4.79 Å². The van der Waals surface area contributed by atoms with Crippen molar-refractivity contribution in [2.24, 2.45) is 15.8 Å². The van der Waals surface area contributed by atoms with Crippen molar-refractivity contribution in [2.45, 2.75) is 47.6 Å². The molecule has 0 bridgehead atoms. The van der Waals surface area contributed by atoms with Crippen LogP contribution in [0.4, 0.5) is 14.9 Å². The predicted octanol–water partition coefficient (Wildman–Crippen LogP) is 1.90. The number of rotatable bonds is 16. The fourth-order valence-corrected chi connectivity index (χ4v) is 6.30. The molecule has 4 rings (SSSR count). The molecule has 1 aliphatic heterocycles. The predicted molar refractivity (Wildman–Crippen MR) is 201 cm³/mol. The average molecular weight is 907 g/mol. The van der Waals surface area contributed by atoms with Crippen LogP contribution in [0, 0.1) is 22.1 Å². The Kier molecular flexibility index (Phi) is 15.5. The zero-order valence-corrected chi connectivity index (χ0v) is 34.7. The van der Waals surface area contributed by atoms with Crippen molar-refractivity contribution in [3.8, 4) is 17.5 Å². The number of amidine groups is 1. The standard InChI is InChI=1S/C38H46FIN7O10/c1-8-53-32(49)38(5,6)33(50)56-22-57-35-45-31(46-47(35)34-40-15-9-10-16-42-34)29(26-19-25(52-7)20-27(28(26)39)54-18-17-48)43-24-13-11-23(12-14-24)30(41)44-36(51)55-21-37(2,3)4/h9-16,19-20,29,43,48H,8,17-18,21-22H2,1-7H3,(H2,41,44,51)/q-1/t29-/m1/s1. The summed E-state index contributed by atoms with van der Waals surface area (Å²) in [6.45, 7) is 9.06. The Morgan fingerprint density at radius 1 is 1.02 bits per heavy atom. The zero-order chi connectivity index (χ0) is 41.8. The molecule has 0 fully saturated rings. The maximum atomic E-state index is 16.4. The number of aliphatic hydroxyl groups is 1. The summed E-state index contributed by atoms with van der Waals surface area (Å²) in [6.07, 6.45) is 4.36. The van der Waals surface area contributed by atoms with E-state index < -0.39 is 63.3 Å². The Morgan fingerprint density at radius 3 is 2.40 bits per heavy atom. The molecule has 19 heteroatoms. The number of carbonyl (C=O) groups excluding carboxylic acids is 3. The number of nitrogens with zero attached hydrogens (tertiary/aromatic N) is 4. The summed E-state index contributed by atoms with van der Waals surface area (Å²) in [5.74, 6) is -2.69. The SMILES string of the molecule is CCOC(=O)C(C)(C)C(=O)OCOc1nc([C@H](Nc2ccc(C(=N)NC(=O)OCC(C)(C)C)cc2)c2cc(OC)cc(OCCO)c2F)nn1C1=NC=CC=C[I-]1. The number of esters is 2. The van der Waals surface area contributed by atoms with Crippen molar-refractivity contribution in [3.63, 3.8) is 0 Å². The van der Waals surface area contributed by atoms with Crippen LogP contribution < -0.4 is 46.0 Å². The first-order chi connectivity index (χ1) is 27.1.